The summed E-state index contributed by atoms with van der Waals surface area (Å²) in [6, 6.07) is 3.37. The molecule has 1 N–H and O–H groups in total. The third-order valence-electron chi connectivity index (χ3n) is 2.69. The van der Waals surface area contributed by atoms with Crippen molar-refractivity contribution in [1.82, 2.24) is 14.6 Å². The second kappa shape index (κ2) is 6.82. The lowest BCUT2D eigenvalue weighted by atomic mass is 10.3. The van der Waals surface area contributed by atoms with Gasteiger partial charge in [0, 0.05) is 25.8 Å². The topological polar surface area (TPSA) is 62.3 Å². The fourth-order valence-corrected chi connectivity index (χ4v) is 3.00. The molecule has 0 radical (unpaired) electrons. The maximum absolute atomic E-state index is 12.2. The zero-order valence-corrected chi connectivity index (χ0v) is 12.0. The molecule has 0 bridgehead atoms. The van der Waals surface area contributed by atoms with E-state index in [1.54, 1.807) is 18.3 Å². The van der Waals surface area contributed by atoms with Crippen molar-refractivity contribution in [2.45, 2.75) is 32.3 Å². The van der Waals surface area contributed by atoms with Gasteiger partial charge in [-0.15, -0.1) is 0 Å². The van der Waals surface area contributed by atoms with Crippen LogP contribution in [0.2, 0.25) is 0 Å². The minimum Gasteiger partial charge on any atom is -0.313 e. The first-order valence-corrected chi connectivity index (χ1v) is 7.66. The number of hydrogen-bond acceptors (Lipinski definition) is 4. The van der Waals surface area contributed by atoms with E-state index in [-0.39, 0.29) is 5.03 Å². The van der Waals surface area contributed by atoms with Crippen LogP contribution in [-0.2, 0) is 16.6 Å². The highest BCUT2D eigenvalue weighted by atomic mass is 32.2. The maximum atomic E-state index is 12.2. The fourth-order valence-electron chi connectivity index (χ4n) is 1.63. The summed E-state index contributed by atoms with van der Waals surface area (Å²) in [7, 11) is -3.44. The summed E-state index contributed by atoms with van der Waals surface area (Å²) in [5, 5.41) is 3.29. The van der Waals surface area contributed by atoms with Crippen molar-refractivity contribution in [3.05, 3.63) is 23.9 Å². The van der Waals surface area contributed by atoms with Crippen molar-refractivity contribution in [3.63, 3.8) is 0 Å². The van der Waals surface area contributed by atoms with Crippen molar-refractivity contribution in [2.24, 2.45) is 0 Å². The summed E-state index contributed by atoms with van der Waals surface area (Å²) >= 11 is 0. The van der Waals surface area contributed by atoms with E-state index < -0.39 is 10.0 Å². The first-order valence-electron chi connectivity index (χ1n) is 6.22. The van der Waals surface area contributed by atoms with Gasteiger partial charge in [-0.05, 0) is 18.2 Å². The molecule has 0 amide bonds. The van der Waals surface area contributed by atoms with Gasteiger partial charge >= 0.3 is 0 Å². The standard InChI is InChI=1S/C12H21N3O2S/c1-4-13-9-11-7-8-12(14-10-11)18(16,17)15(5-2)6-3/h7-8,10,13H,4-6,9H2,1-3H3. The maximum Gasteiger partial charge on any atom is 0.260 e. The number of nitrogens with zero attached hydrogens (tertiary/aromatic N) is 2. The Balaban J connectivity index is 2.90. The molecule has 5 nitrogen and oxygen atoms in total. The molecule has 0 spiro atoms. The Morgan fingerprint density at radius 1 is 1.22 bits per heavy atom. The van der Waals surface area contributed by atoms with Crippen molar-refractivity contribution in [2.75, 3.05) is 19.6 Å². The average molecular weight is 271 g/mol. The smallest absolute Gasteiger partial charge is 0.260 e. The molecule has 0 aliphatic carbocycles. The van der Waals surface area contributed by atoms with Crippen molar-refractivity contribution >= 4 is 10.0 Å². The molecule has 0 atom stereocenters. The molecule has 0 unspecified atom stereocenters. The molecular formula is C12H21N3O2S. The molecule has 1 rings (SSSR count). The van der Waals surface area contributed by atoms with Gasteiger partial charge in [0.05, 0.1) is 0 Å². The summed E-state index contributed by atoms with van der Waals surface area (Å²) in [6.45, 7) is 8.15. The normalized spacial score (nSPS) is 12.0. The van der Waals surface area contributed by atoms with Crippen LogP contribution >= 0.6 is 0 Å². The zero-order chi connectivity index (χ0) is 13.6. The van der Waals surface area contributed by atoms with Gasteiger partial charge in [0.25, 0.3) is 10.0 Å². The molecule has 102 valence electrons. The Kier molecular flexibility index (Phi) is 5.71. The van der Waals surface area contributed by atoms with Gasteiger partial charge in [0.1, 0.15) is 0 Å². The second-order valence-corrected chi connectivity index (χ2v) is 5.76. The van der Waals surface area contributed by atoms with E-state index in [0.29, 0.717) is 19.6 Å². The Hall–Kier alpha value is -0.980. The van der Waals surface area contributed by atoms with Gasteiger partial charge in [-0.3, -0.25) is 0 Å². The number of rotatable bonds is 7. The molecule has 0 aliphatic heterocycles. The van der Waals surface area contributed by atoms with Crippen molar-refractivity contribution < 1.29 is 8.42 Å². The quantitative estimate of drug-likeness (QED) is 0.810. The summed E-state index contributed by atoms with van der Waals surface area (Å²) < 4.78 is 25.7. The van der Waals surface area contributed by atoms with Gasteiger partial charge in [-0.25, -0.2) is 13.4 Å². The highest BCUT2D eigenvalue weighted by Crippen LogP contribution is 2.13. The Morgan fingerprint density at radius 3 is 2.33 bits per heavy atom. The van der Waals surface area contributed by atoms with Crippen LogP contribution in [0.5, 0.6) is 0 Å². The fraction of sp³-hybridized carbons (Fsp3) is 0.583. The van der Waals surface area contributed by atoms with Crippen LogP contribution in [0.4, 0.5) is 0 Å². The first kappa shape index (κ1) is 15.1. The molecule has 0 fully saturated rings. The predicted octanol–water partition coefficient (Wildman–Crippen LogP) is 1.22. The molecule has 1 aromatic rings. The van der Waals surface area contributed by atoms with E-state index in [1.807, 2.05) is 20.8 Å². The molecule has 0 aromatic carbocycles. The van der Waals surface area contributed by atoms with Crippen LogP contribution < -0.4 is 5.32 Å². The number of pyridine rings is 1. The number of nitrogens with one attached hydrogen (secondary N) is 1. The Bertz CT molecular complexity index is 453. The summed E-state index contributed by atoms with van der Waals surface area (Å²) in [6.07, 6.45) is 1.61. The van der Waals surface area contributed by atoms with Crippen LogP contribution in [0, 0.1) is 0 Å². The first-order chi connectivity index (χ1) is 8.56. The lowest BCUT2D eigenvalue weighted by molar-refractivity contribution is 0.442. The van der Waals surface area contributed by atoms with Gasteiger partial charge in [-0.2, -0.15) is 4.31 Å². The van der Waals surface area contributed by atoms with E-state index in [9.17, 15) is 8.42 Å². The third kappa shape index (κ3) is 3.51. The molecule has 18 heavy (non-hydrogen) atoms. The van der Waals surface area contributed by atoms with Crippen LogP contribution in [0.1, 0.15) is 26.3 Å². The SMILES string of the molecule is CCNCc1ccc(S(=O)(=O)N(CC)CC)nc1. The Labute approximate surface area is 109 Å². The van der Waals surface area contributed by atoms with Crippen molar-refractivity contribution in [1.29, 1.82) is 0 Å². The lowest BCUT2D eigenvalue weighted by Gasteiger charge is -2.17. The van der Waals surface area contributed by atoms with Gasteiger partial charge in [0.15, 0.2) is 5.03 Å². The zero-order valence-electron chi connectivity index (χ0n) is 11.2. The largest absolute Gasteiger partial charge is 0.313 e. The molecule has 0 saturated carbocycles. The van der Waals surface area contributed by atoms with Crippen molar-refractivity contribution in [3.8, 4) is 0 Å². The lowest BCUT2D eigenvalue weighted by Crippen LogP contribution is -2.31. The van der Waals surface area contributed by atoms with Crippen LogP contribution in [0.3, 0.4) is 0 Å². The molecule has 6 heteroatoms. The summed E-state index contributed by atoms with van der Waals surface area (Å²) in [5.41, 5.74) is 0.982. The van der Waals surface area contributed by atoms with Crippen LogP contribution in [0.15, 0.2) is 23.4 Å². The van der Waals surface area contributed by atoms with Gasteiger partial charge in [-0.1, -0.05) is 26.8 Å². The average Bonchev–Trinajstić information content (AvgIpc) is 2.38. The van der Waals surface area contributed by atoms with E-state index in [2.05, 4.69) is 10.3 Å². The number of aromatic nitrogens is 1. The second-order valence-electron chi connectivity index (χ2n) is 3.87. The molecule has 0 aliphatic rings. The summed E-state index contributed by atoms with van der Waals surface area (Å²) in [4.78, 5) is 4.05. The molecule has 1 heterocycles. The highest BCUT2D eigenvalue weighted by molar-refractivity contribution is 7.89. The van der Waals surface area contributed by atoms with Crippen LogP contribution in [-0.4, -0.2) is 37.3 Å². The summed E-state index contributed by atoms with van der Waals surface area (Å²) in [5.74, 6) is 0. The van der Waals surface area contributed by atoms with E-state index in [4.69, 9.17) is 0 Å². The third-order valence-corrected chi connectivity index (χ3v) is 4.65. The van der Waals surface area contributed by atoms with Gasteiger partial charge < -0.3 is 5.32 Å². The number of sulfonamides is 1. The minimum absolute atomic E-state index is 0.117. The van der Waals surface area contributed by atoms with E-state index >= 15 is 0 Å². The molecule has 1 aromatic heterocycles. The number of hydrogen-bond donors (Lipinski definition) is 1. The van der Waals surface area contributed by atoms with Gasteiger partial charge in [0.2, 0.25) is 0 Å². The van der Waals surface area contributed by atoms with E-state index in [1.165, 1.54) is 4.31 Å². The predicted molar refractivity (Wildman–Crippen MR) is 71.7 cm³/mol. The monoisotopic (exact) mass is 271 g/mol. The molecular weight excluding hydrogens is 250 g/mol. The van der Waals surface area contributed by atoms with Crippen LogP contribution in [0.25, 0.3) is 0 Å². The molecule has 0 saturated heterocycles. The Morgan fingerprint density at radius 2 is 1.89 bits per heavy atom. The van der Waals surface area contributed by atoms with E-state index in [0.717, 1.165) is 12.1 Å². The highest BCUT2D eigenvalue weighted by Gasteiger charge is 2.22. The minimum atomic E-state index is -3.44.